The lowest BCUT2D eigenvalue weighted by atomic mass is 9.90. The van der Waals surface area contributed by atoms with E-state index < -0.39 is 52.8 Å². The van der Waals surface area contributed by atoms with Crippen molar-refractivity contribution in [2.24, 2.45) is 11.8 Å². The van der Waals surface area contributed by atoms with E-state index in [1.807, 2.05) is 13.8 Å². The predicted molar refractivity (Wildman–Crippen MR) is 119 cm³/mol. The molecule has 2 saturated heterocycles. The first kappa shape index (κ1) is 29.2. The van der Waals surface area contributed by atoms with Gasteiger partial charge in [-0.25, -0.2) is 22.0 Å². The molecule has 2 aromatic carbocycles. The zero-order valence-corrected chi connectivity index (χ0v) is 20.6. The summed E-state index contributed by atoms with van der Waals surface area (Å²) < 4.78 is 119. The van der Waals surface area contributed by atoms with Crippen molar-refractivity contribution in [3.05, 3.63) is 64.5 Å². The van der Waals surface area contributed by atoms with E-state index in [4.69, 9.17) is 14.2 Å². The zero-order chi connectivity index (χ0) is 27.3. The molecule has 0 spiro atoms. The molecule has 206 valence electrons. The minimum absolute atomic E-state index is 0.0634. The highest BCUT2D eigenvalue weighted by Crippen LogP contribution is 2.38. The Morgan fingerprint density at radius 1 is 0.811 bits per heavy atom. The van der Waals surface area contributed by atoms with E-state index in [9.17, 15) is 30.7 Å². The highest BCUT2D eigenvalue weighted by atomic mass is 19.3. The average Bonchev–Trinajstić information content (AvgIpc) is 2.87. The number of ether oxygens (including phenoxy) is 4. The van der Waals surface area contributed by atoms with Crippen LogP contribution >= 0.6 is 0 Å². The Labute approximate surface area is 210 Å². The SMILES string of the molecule is CC.CCC1CCC(C2COC(c3cc(F)c(C(F)(F)Oc4cc(F)c(F)c(F)c4)c(F)c3)OC2)OC1. The van der Waals surface area contributed by atoms with Gasteiger partial charge in [0, 0.05) is 30.2 Å². The summed E-state index contributed by atoms with van der Waals surface area (Å²) >= 11 is 0. The lowest BCUT2D eigenvalue weighted by molar-refractivity contribution is -0.227. The fourth-order valence-electron chi connectivity index (χ4n) is 4.24. The van der Waals surface area contributed by atoms with Gasteiger partial charge < -0.3 is 18.9 Å². The molecule has 0 bridgehead atoms. The van der Waals surface area contributed by atoms with E-state index in [-0.39, 0.29) is 42.9 Å². The van der Waals surface area contributed by atoms with Crippen LogP contribution in [0.2, 0.25) is 0 Å². The van der Waals surface area contributed by atoms with E-state index in [0.717, 1.165) is 19.3 Å². The van der Waals surface area contributed by atoms with Crippen LogP contribution in [0.3, 0.4) is 0 Å². The van der Waals surface area contributed by atoms with Gasteiger partial charge in [0.05, 0.1) is 19.3 Å². The molecule has 4 rings (SSSR count). The standard InChI is InChI=1S/C24H23F7O4.C2H6/c1-2-12-3-4-20(32-9-12)14-10-33-23(34-11-14)13-5-16(25)21(17(26)6-13)24(30,31)35-15-7-18(27)22(29)19(28)8-15;1-2/h5-8,12,14,20,23H,2-4,9-11H2,1H3;1-2H3. The van der Waals surface area contributed by atoms with E-state index in [1.165, 1.54) is 0 Å². The Hall–Kier alpha value is -2.37. The van der Waals surface area contributed by atoms with Crippen LogP contribution in [0.4, 0.5) is 30.7 Å². The van der Waals surface area contributed by atoms with Crippen LogP contribution in [0.1, 0.15) is 57.5 Å². The number of alkyl halides is 2. The van der Waals surface area contributed by atoms with Crippen LogP contribution in [0.15, 0.2) is 24.3 Å². The molecule has 2 atom stereocenters. The van der Waals surface area contributed by atoms with Gasteiger partial charge in [-0.1, -0.05) is 27.2 Å². The zero-order valence-electron chi connectivity index (χ0n) is 20.6. The molecule has 11 heteroatoms. The summed E-state index contributed by atoms with van der Waals surface area (Å²) in [4.78, 5) is 0. The van der Waals surface area contributed by atoms with Crippen LogP contribution in [0, 0.1) is 40.9 Å². The quantitative estimate of drug-likeness (QED) is 0.284. The van der Waals surface area contributed by atoms with E-state index in [0.29, 0.717) is 24.7 Å². The Bertz CT molecular complexity index is 1000. The first-order chi connectivity index (χ1) is 17.6. The van der Waals surface area contributed by atoms with Gasteiger partial charge in [0.25, 0.3) is 0 Å². The van der Waals surface area contributed by atoms with Crippen molar-refractivity contribution in [2.45, 2.75) is 58.5 Å². The largest absolute Gasteiger partial charge is 0.432 e. The maximum absolute atomic E-state index is 14.6. The molecule has 0 amide bonds. The molecule has 37 heavy (non-hydrogen) atoms. The topological polar surface area (TPSA) is 36.9 Å². The maximum atomic E-state index is 14.6. The van der Waals surface area contributed by atoms with Gasteiger partial charge >= 0.3 is 6.11 Å². The van der Waals surface area contributed by atoms with Crippen LogP contribution in [-0.2, 0) is 20.3 Å². The van der Waals surface area contributed by atoms with Crippen LogP contribution in [0.5, 0.6) is 5.75 Å². The third kappa shape index (κ3) is 6.74. The normalized spacial score (nSPS) is 24.3. The van der Waals surface area contributed by atoms with Gasteiger partial charge in [-0.3, -0.25) is 0 Å². The lowest BCUT2D eigenvalue weighted by Gasteiger charge is -2.37. The van der Waals surface area contributed by atoms with Crippen molar-refractivity contribution in [3.8, 4) is 5.75 Å². The second-order valence-corrected chi connectivity index (χ2v) is 8.66. The molecule has 2 fully saturated rings. The van der Waals surface area contributed by atoms with Gasteiger partial charge in [-0.05, 0) is 30.9 Å². The minimum atomic E-state index is -4.67. The number of rotatable bonds is 6. The van der Waals surface area contributed by atoms with Gasteiger partial charge in [0.15, 0.2) is 23.7 Å². The van der Waals surface area contributed by atoms with Crippen molar-refractivity contribution < 1.29 is 49.7 Å². The Morgan fingerprint density at radius 3 is 1.86 bits per heavy atom. The third-order valence-corrected chi connectivity index (χ3v) is 6.26. The number of hydrogen-bond acceptors (Lipinski definition) is 4. The van der Waals surface area contributed by atoms with Crippen LogP contribution in [0.25, 0.3) is 0 Å². The molecule has 0 saturated carbocycles. The summed E-state index contributed by atoms with van der Waals surface area (Å²) in [5, 5.41) is 0. The first-order valence-corrected chi connectivity index (χ1v) is 12.1. The summed E-state index contributed by atoms with van der Waals surface area (Å²) in [5.74, 6) is -9.62. The summed E-state index contributed by atoms with van der Waals surface area (Å²) in [5.41, 5.74) is -1.96. The third-order valence-electron chi connectivity index (χ3n) is 6.26. The first-order valence-electron chi connectivity index (χ1n) is 12.1. The molecule has 2 unspecified atom stereocenters. The monoisotopic (exact) mass is 538 g/mol. The number of halogens is 7. The maximum Gasteiger partial charge on any atom is 0.432 e. The Kier molecular flexibility index (Phi) is 9.82. The van der Waals surface area contributed by atoms with E-state index >= 15 is 0 Å². The number of benzene rings is 2. The Morgan fingerprint density at radius 2 is 1.38 bits per heavy atom. The van der Waals surface area contributed by atoms with Gasteiger partial charge in [0.2, 0.25) is 0 Å². The molecular weight excluding hydrogens is 509 g/mol. The molecule has 2 aromatic rings. The van der Waals surface area contributed by atoms with Crippen LogP contribution < -0.4 is 4.74 Å². The van der Waals surface area contributed by atoms with Crippen molar-refractivity contribution in [2.75, 3.05) is 19.8 Å². The van der Waals surface area contributed by atoms with Gasteiger partial charge in [-0.15, -0.1) is 0 Å². The highest BCUT2D eigenvalue weighted by Gasteiger charge is 2.42. The molecule has 0 radical (unpaired) electrons. The fraction of sp³-hybridized carbons (Fsp3) is 0.538. The number of hydrogen-bond donors (Lipinski definition) is 0. The van der Waals surface area contributed by atoms with E-state index in [2.05, 4.69) is 11.7 Å². The summed E-state index contributed by atoms with van der Waals surface area (Å²) in [6.07, 6.45) is -3.03. The van der Waals surface area contributed by atoms with Crippen molar-refractivity contribution in [3.63, 3.8) is 0 Å². The Balaban J connectivity index is 0.00000186. The molecule has 0 N–H and O–H groups in total. The molecule has 0 aromatic heterocycles. The van der Waals surface area contributed by atoms with Crippen molar-refractivity contribution >= 4 is 0 Å². The summed E-state index contributed by atoms with van der Waals surface area (Å²) in [6.45, 7) is 7.13. The smallest absolute Gasteiger partial charge is 0.429 e. The molecule has 4 nitrogen and oxygen atoms in total. The average molecular weight is 539 g/mol. The predicted octanol–water partition coefficient (Wildman–Crippen LogP) is 7.40. The minimum Gasteiger partial charge on any atom is -0.429 e. The van der Waals surface area contributed by atoms with Gasteiger partial charge in [0.1, 0.15) is 22.9 Å². The fourth-order valence-corrected chi connectivity index (χ4v) is 4.24. The second kappa shape index (κ2) is 12.4. The molecule has 2 aliphatic rings. The summed E-state index contributed by atoms with van der Waals surface area (Å²) in [7, 11) is 0. The second-order valence-electron chi connectivity index (χ2n) is 8.66. The molecular formula is C26H29F7O4. The molecule has 2 heterocycles. The van der Waals surface area contributed by atoms with Crippen LogP contribution in [-0.4, -0.2) is 25.9 Å². The van der Waals surface area contributed by atoms with Gasteiger partial charge in [-0.2, -0.15) is 8.78 Å². The molecule has 0 aliphatic carbocycles. The highest BCUT2D eigenvalue weighted by molar-refractivity contribution is 5.32. The van der Waals surface area contributed by atoms with E-state index in [1.54, 1.807) is 0 Å². The van der Waals surface area contributed by atoms with Crippen molar-refractivity contribution in [1.29, 1.82) is 0 Å². The summed E-state index contributed by atoms with van der Waals surface area (Å²) in [6, 6.07) is 1.48. The van der Waals surface area contributed by atoms with Crippen molar-refractivity contribution in [1.82, 2.24) is 0 Å². The molecule has 2 aliphatic heterocycles. The lowest BCUT2D eigenvalue weighted by Crippen LogP contribution is -2.40.